The third kappa shape index (κ3) is 1.53. The first kappa shape index (κ1) is 10.3. The molecule has 0 spiro atoms. The molecule has 4 rings (SSSR count). The van der Waals surface area contributed by atoms with Crippen molar-refractivity contribution in [2.45, 2.75) is 0 Å². The van der Waals surface area contributed by atoms with E-state index in [2.05, 4.69) is 20.5 Å². The highest BCUT2D eigenvalue weighted by atomic mass is 16.5. The normalized spacial score (nSPS) is 13.7. The fourth-order valence-corrected chi connectivity index (χ4v) is 2.28. The van der Waals surface area contributed by atoms with Crippen molar-refractivity contribution in [3.05, 3.63) is 36.8 Å². The molecule has 1 aliphatic rings. The Morgan fingerprint density at radius 2 is 2.21 bits per heavy atom. The Bertz CT molecular complexity index is 752. The van der Waals surface area contributed by atoms with Crippen molar-refractivity contribution in [1.29, 1.82) is 0 Å². The molecule has 0 amide bonds. The van der Waals surface area contributed by atoms with E-state index in [4.69, 9.17) is 4.74 Å². The van der Waals surface area contributed by atoms with Crippen molar-refractivity contribution < 1.29 is 4.74 Å². The van der Waals surface area contributed by atoms with E-state index < -0.39 is 0 Å². The van der Waals surface area contributed by atoms with E-state index in [9.17, 15) is 0 Å². The van der Waals surface area contributed by atoms with Crippen LogP contribution in [-0.4, -0.2) is 32.7 Å². The molecule has 0 unspecified atom stereocenters. The molecule has 1 aliphatic heterocycles. The lowest BCUT2D eigenvalue weighted by atomic mass is 10.1. The number of nitrogens with zero attached hydrogens (tertiary/aromatic N) is 4. The number of benzene rings is 1. The second-order valence-electron chi connectivity index (χ2n) is 4.29. The smallest absolute Gasteiger partial charge is 0.173 e. The number of fused-ring (bicyclic) bond motifs is 2. The lowest BCUT2D eigenvalue weighted by Crippen LogP contribution is -2.18. The summed E-state index contributed by atoms with van der Waals surface area (Å²) in [5, 5.41) is 11.7. The average Bonchev–Trinajstić information content (AvgIpc) is 2.90. The highest BCUT2D eigenvalue weighted by Crippen LogP contribution is 2.37. The molecule has 6 heteroatoms. The van der Waals surface area contributed by atoms with Crippen molar-refractivity contribution in [1.82, 2.24) is 19.6 Å². The first-order chi connectivity index (χ1) is 9.43. The van der Waals surface area contributed by atoms with Crippen molar-refractivity contribution >= 4 is 11.3 Å². The molecule has 2 aromatic heterocycles. The fraction of sp³-hybridized carbons (Fsp3) is 0.154. The maximum absolute atomic E-state index is 5.76. The zero-order valence-electron chi connectivity index (χ0n) is 10.1. The quantitative estimate of drug-likeness (QED) is 0.713. The number of hydrogen-bond donors (Lipinski definition) is 1. The van der Waals surface area contributed by atoms with Gasteiger partial charge in [-0.1, -0.05) is 6.07 Å². The lowest BCUT2D eigenvalue weighted by molar-refractivity contribution is 0.324. The minimum Gasteiger partial charge on any atom is -0.489 e. The molecule has 1 N–H and O–H groups in total. The van der Waals surface area contributed by atoms with Gasteiger partial charge in [-0.3, -0.25) is 4.40 Å². The van der Waals surface area contributed by atoms with Gasteiger partial charge < -0.3 is 10.1 Å². The van der Waals surface area contributed by atoms with E-state index in [1.807, 2.05) is 28.7 Å². The molecule has 0 saturated heterocycles. The second kappa shape index (κ2) is 3.94. The predicted molar refractivity (Wildman–Crippen MR) is 70.2 cm³/mol. The number of rotatable bonds is 1. The van der Waals surface area contributed by atoms with Gasteiger partial charge in [0.1, 0.15) is 12.9 Å². The number of anilines is 1. The Labute approximate surface area is 109 Å². The van der Waals surface area contributed by atoms with Gasteiger partial charge in [0.05, 0.1) is 11.3 Å². The SMILES string of the molecule is c1cc2c(c(-c3nnc4ccncn34)c1)OCCN2. The fourth-order valence-electron chi connectivity index (χ4n) is 2.28. The number of hydrogen-bond acceptors (Lipinski definition) is 5. The molecule has 0 saturated carbocycles. The first-order valence-corrected chi connectivity index (χ1v) is 6.08. The van der Waals surface area contributed by atoms with E-state index in [-0.39, 0.29) is 0 Å². The third-order valence-corrected chi connectivity index (χ3v) is 3.13. The van der Waals surface area contributed by atoms with Gasteiger partial charge in [-0.05, 0) is 12.1 Å². The molecule has 19 heavy (non-hydrogen) atoms. The molecule has 94 valence electrons. The largest absolute Gasteiger partial charge is 0.489 e. The maximum Gasteiger partial charge on any atom is 0.173 e. The molecule has 0 radical (unpaired) electrons. The molecule has 0 atom stereocenters. The Kier molecular flexibility index (Phi) is 2.14. The standard InChI is InChI=1S/C13H11N5O/c1-2-9(12-10(3-1)15-6-7-19-12)13-17-16-11-4-5-14-8-18(11)13/h1-5,8,15H,6-7H2. The van der Waals surface area contributed by atoms with E-state index in [0.29, 0.717) is 6.61 Å². The molecule has 3 aromatic rings. The van der Waals surface area contributed by atoms with E-state index >= 15 is 0 Å². The minimum absolute atomic E-state index is 0.652. The maximum atomic E-state index is 5.76. The second-order valence-corrected chi connectivity index (χ2v) is 4.29. The summed E-state index contributed by atoms with van der Waals surface area (Å²) in [5.74, 6) is 1.57. The summed E-state index contributed by atoms with van der Waals surface area (Å²) in [6.45, 7) is 1.47. The Morgan fingerprint density at radius 3 is 3.21 bits per heavy atom. The summed E-state index contributed by atoms with van der Waals surface area (Å²) in [7, 11) is 0. The van der Waals surface area contributed by atoms with Gasteiger partial charge in [-0.2, -0.15) is 0 Å². The van der Waals surface area contributed by atoms with Crippen molar-refractivity contribution in [2.24, 2.45) is 0 Å². The number of ether oxygens (including phenoxy) is 1. The summed E-state index contributed by atoms with van der Waals surface area (Å²) in [4.78, 5) is 4.11. The van der Waals surface area contributed by atoms with Crippen LogP contribution in [0.5, 0.6) is 5.75 Å². The molecule has 1 aromatic carbocycles. The van der Waals surface area contributed by atoms with Crippen molar-refractivity contribution in [3.63, 3.8) is 0 Å². The first-order valence-electron chi connectivity index (χ1n) is 6.08. The van der Waals surface area contributed by atoms with Gasteiger partial charge in [-0.15, -0.1) is 10.2 Å². The molecular weight excluding hydrogens is 242 g/mol. The highest BCUT2D eigenvalue weighted by Gasteiger charge is 2.18. The van der Waals surface area contributed by atoms with Crippen LogP contribution in [0.1, 0.15) is 0 Å². The average molecular weight is 253 g/mol. The molecule has 6 nitrogen and oxygen atoms in total. The van der Waals surface area contributed by atoms with E-state index in [1.165, 1.54) is 0 Å². The summed E-state index contributed by atoms with van der Waals surface area (Å²) >= 11 is 0. The van der Waals surface area contributed by atoms with Gasteiger partial charge in [0.15, 0.2) is 17.2 Å². The Morgan fingerprint density at radius 1 is 1.21 bits per heavy atom. The topological polar surface area (TPSA) is 64.3 Å². The van der Waals surface area contributed by atoms with Crippen LogP contribution in [0.4, 0.5) is 5.69 Å². The van der Waals surface area contributed by atoms with Crippen LogP contribution in [0, 0.1) is 0 Å². The summed E-state index contributed by atoms with van der Waals surface area (Å²) < 4.78 is 7.62. The van der Waals surface area contributed by atoms with E-state index in [0.717, 1.165) is 35.0 Å². The van der Waals surface area contributed by atoms with Gasteiger partial charge in [0.25, 0.3) is 0 Å². The van der Waals surface area contributed by atoms with E-state index in [1.54, 1.807) is 12.5 Å². The molecule has 0 bridgehead atoms. The van der Waals surface area contributed by atoms with Crippen LogP contribution in [0.15, 0.2) is 36.8 Å². The van der Waals surface area contributed by atoms with Crippen LogP contribution in [0.2, 0.25) is 0 Å². The van der Waals surface area contributed by atoms with Crippen molar-refractivity contribution in [2.75, 3.05) is 18.5 Å². The zero-order valence-corrected chi connectivity index (χ0v) is 10.1. The summed E-state index contributed by atoms with van der Waals surface area (Å²) in [6.07, 6.45) is 3.41. The number of aromatic nitrogens is 4. The zero-order chi connectivity index (χ0) is 12.7. The van der Waals surface area contributed by atoms with Gasteiger partial charge in [0.2, 0.25) is 0 Å². The van der Waals surface area contributed by atoms with Crippen molar-refractivity contribution in [3.8, 4) is 17.1 Å². The number of nitrogens with one attached hydrogen (secondary N) is 1. The van der Waals surface area contributed by atoms with Crippen LogP contribution >= 0.6 is 0 Å². The molecule has 3 heterocycles. The van der Waals surface area contributed by atoms with Crippen LogP contribution in [-0.2, 0) is 0 Å². The third-order valence-electron chi connectivity index (χ3n) is 3.13. The van der Waals surface area contributed by atoms with Gasteiger partial charge >= 0.3 is 0 Å². The molecular formula is C13H11N5O. The molecule has 0 fully saturated rings. The summed E-state index contributed by atoms with van der Waals surface area (Å²) in [6, 6.07) is 7.78. The summed E-state index contributed by atoms with van der Waals surface area (Å²) in [5.41, 5.74) is 2.68. The van der Waals surface area contributed by atoms with Crippen LogP contribution in [0.3, 0.4) is 0 Å². The minimum atomic E-state index is 0.652. The predicted octanol–water partition coefficient (Wildman–Crippen LogP) is 1.60. The highest BCUT2D eigenvalue weighted by molar-refractivity contribution is 5.76. The Hall–Kier alpha value is -2.63. The van der Waals surface area contributed by atoms with Gasteiger partial charge in [0, 0.05) is 18.8 Å². The molecule has 0 aliphatic carbocycles. The van der Waals surface area contributed by atoms with Gasteiger partial charge in [-0.25, -0.2) is 4.98 Å². The van der Waals surface area contributed by atoms with Crippen LogP contribution < -0.4 is 10.1 Å². The van der Waals surface area contributed by atoms with Crippen LogP contribution in [0.25, 0.3) is 17.0 Å². The number of para-hydroxylation sites is 1. The monoisotopic (exact) mass is 253 g/mol. The Balaban J connectivity index is 1.97. The lowest BCUT2D eigenvalue weighted by Gasteiger charge is -2.21.